The van der Waals surface area contributed by atoms with E-state index in [1.807, 2.05) is 9.80 Å². The molecule has 0 spiro atoms. The summed E-state index contributed by atoms with van der Waals surface area (Å²) >= 11 is 0. The minimum Gasteiger partial charge on any atom is -0.478 e. The summed E-state index contributed by atoms with van der Waals surface area (Å²) in [6.07, 6.45) is -2.46. The van der Waals surface area contributed by atoms with E-state index in [0.29, 0.717) is 31.0 Å². The quantitative estimate of drug-likeness (QED) is 0.809. The van der Waals surface area contributed by atoms with Crippen LogP contribution in [0.3, 0.4) is 0 Å². The van der Waals surface area contributed by atoms with E-state index in [4.69, 9.17) is 0 Å². The minimum atomic E-state index is -4.74. The lowest BCUT2D eigenvalue weighted by Crippen LogP contribution is -2.36. The summed E-state index contributed by atoms with van der Waals surface area (Å²) in [5.74, 6) is -0.879. The highest BCUT2D eigenvalue weighted by molar-refractivity contribution is 5.93. The summed E-state index contributed by atoms with van der Waals surface area (Å²) in [4.78, 5) is 19.4. The Labute approximate surface area is 160 Å². The molecule has 2 heterocycles. The zero-order valence-corrected chi connectivity index (χ0v) is 15.2. The Morgan fingerprint density at radius 2 is 2.07 bits per heavy atom. The average Bonchev–Trinajstić information content (AvgIpc) is 3.10. The summed E-state index contributed by atoms with van der Waals surface area (Å²) in [7, 11) is 1.78. The number of alkyl halides is 3. The molecule has 1 saturated heterocycles. The number of pyridine rings is 1. The van der Waals surface area contributed by atoms with Gasteiger partial charge in [-0.2, -0.15) is 0 Å². The van der Waals surface area contributed by atoms with E-state index >= 15 is 0 Å². The molecule has 150 valence electrons. The van der Waals surface area contributed by atoms with Gasteiger partial charge in [-0.05, 0) is 24.6 Å². The number of hydrogen-bond donors (Lipinski definition) is 1. The van der Waals surface area contributed by atoms with Crippen molar-refractivity contribution in [2.75, 3.05) is 25.0 Å². The third-order valence-corrected chi connectivity index (χ3v) is 4.74. The number of likely N-dealkylation sites (N-methyl/N-ethyl adjacent to an activating group) is 1. The highest BCUT2D eigenvalue weighted by Crippen LogP contribution is 2.29. The van der Waals surface area contributed by atoms with Gasteiger partial charge in [-0.1, -0.05) is 18.2 Å². The SMILES string of the molecule is CN(c1ncccc1C(=O)O)[C@@H]1CCN(Cc2ccccc2OC(F)(F)F)C1. The van der Waals surface area contributed by atoms with Gasteiger partial charge in [-0.3, -0.25) is 4.90 Å². The molecule has 0 unspecified atom stereocenters. The minimum absolute atomic E-state index is 0.00342. The number of nitrogens with zero attached hydrogens (tertiary/aromatic N) is 3. The first-order chi connectivity index (χ1) is 13.2. The first kappa shape index (κ1) is 19.9. The summed E-state index contributed by atoms with van der Waals surface area (Å²) in [5.41, 5.74) is 0.569. The number of aromatic nitrogens is 1. The Balaban J connectivity index is 1.69. The van der Waals surface area contributed by atoms with Gasteiger partial charge in [0.25, 0.3) is 0 Å². The van der Waals surface area contributed by atoms with Crippen LogP contribution in [-0.4, -0.2) is 53.5 Å². The fraction of sp³-hybridized carbons (Fsp3) is 0.368. The third kappa shape index (κ3) is 4.72. The van der Waals surface area contributed by atoms with Gasteiger partial charge in [0.05, 0.1) is 0 Å². The zero-order chi connectivity index (χ0) is 20.3. The number of carboxylic acids is 1. The van der Waals surface area contributed by atoms with Crippen LogP contribution in [0.2, 0.25) is 0 Å². The number of halogens is 3. The summed E-state index contributed by atoms with van der Waals surface area (Å²) in [6.45, 7) is 1.56. The number of anilines is 1. The second-order valence-electron chi connectivity index (χ2n) is 6.62. The number of rotatable bonds is 6. The van der Waals surface area contributed by atoms with Crippen molar-refractivity contribution in [2.24, 2.45) is 0 Å². The molecule has 1 N–H and O–H groups in total. The van der Waals surface area contributed by atoms with Crippen molar-refractivity contribution in [1.82, 2.24) is 9.88 Å². The number of likely N-dealkylation sites (tertiary alicyclic amines) is 1. The number of ether oxygens (including phenoxy) is 1. The van der Waals surface area contributed by atoms with Gasteiger partial charge in [0.1, 0.15) is 17.1 Å². The van der Waals surface area contributed by atoms with Crippen LogP contribution >= 0.6 is 0 Å². The number of para-hydroxylation sites is 1. The average molecular weight is 395 g/mol. The molecule has 1 fully saturated rings. The van der Waals surface area contributed by atoms with E-state index in [-0.39, 0.29) is 17.4 Å². The van der Waals surface area contributed by atoms with Gasteiger partial charge in [-0.25, -0.2) is 9.78 Å². The molecule has 0 aliphatic carbocycles. The van der Waals surface area contributed by atoms with Crippen molar-refractivity contribution < 1.29 is 27.8 Å². The predicted octanol–water partition coefficient (Wildman–Crippen LogP) is 3.39. The van der Waals surface area contributed by atoms with Crippen molar-refractivity contribution in [2.45, 2.75) is 25.4 Å². The van der Waals surface area contributed by atoms with Crippen LogP contribution in [0.4, 0.5) is 19.0 Å². The van der Waals surface area contributed by atoms with Crippen molar-refractivity contribution >= 4 is 11.8 Å². The Kier molecular flexibility index (Phi) is 5.73. The second-order valence-corrected chi connectivity index (χ2v) is 6.62. The molecule has 28 heavy (non-hydrogen) atoms. The molecule has 1 atom stereocenters. The summed E-state index contributed by atoms with van der Waals surface area (Å²) < 4.78 is 41.9. The van der Waals surface area contributed by atoms with Gasteiger partial charge < -0.3 is 14.7 Å². The number of benzene rings is 1. The van der Waals surface area contributed by atoms with Gasteiger partial charge in [0, 0.05) is 44.5 Å². The molecule has 1 aromatic heterocycles. The van der Waals surface area contributed by atoms with Crippen molar-refractivity contribution in [3.63, 3.8) is 0 Å². The molecule has 0 amide bonds. The van der Waals surface area contributed by atoms with E-state index in [9.17, 15) is 23.1 Å². The standard InChI is InChI=1S/C19H20F3N3O3/c1-24(17-15(18(26)27)6-4-9-23-17)14-8-10-25(12-14)11-13-5-2-3-7-16(13)28-19(20,21)22/h2-7,9,14H,8,10-12H2,1H3,(H,26,27)/t14-/m1/s1. The molecule has 3 rings (SSSR count). The Morgan fingerprint density at radius 3 is 2.79 bits per heavy atom. The summed E-state index contributed by atoms with van der Waals surface area (Å²) in [5, 5.41) is 9.34. The van der Waals surface area contributed by atoms with Crippen LogP contribution in [0.15, 0.2) is 42.6 Å². The molecule has 1 aliphatic rings. The van der Waals surface area contributed by atoms with E-state index < -0.39 is 12.3 Å². The van der Waals surface area contributed by atoms with Crippen molar-refractivity contribution in [3.05, 3.63) is 53.7 Å². The maximum absolute atomic E-state index is 12.6. The Bertz CT molecular complexity index is 844. The Hall–Kier alpha value is -2.81. The van der Waals surface area contributed by atoms with Gasteiger partial charge >= 0.3 is 12.3 Å². The van der Waals surface area contributed by atoms with E-state index in [1.165, 1.54) is 24.4 Å². The largest absolute Gasteiger partial charge is 0.573 e. The normalized spacial score (nSPS) is 17.5. The maximum atomic E-state index is 12.6. The highest BCUT2D eigenvalue weighted by atomic mass is 19.4. The zero-order valence-electron chi connectivity index (χ0n) is 15.2. The van der Waals surface area contributed by atoms with Crippen LogP contribution in [-0.2, 0) is 6.54 Å². The maximum Gasteiger partial charge on any atom is 0.573 e. The van der Waals surface area contributed by atoms with Crippen LogP contribution in [0.5, 0.6) is 5.75 Å². The van der Waals surface area contributed by atoms with E-state index in [1.54, 1.807) is 25.2 Å². The number of carbonyl (C=O) groups is 1. The van der Waals surface area contributed by atoms with E-state index in [2.05, 4.69) is 9.72 Å². The molecule has 0 saturated carbocycles. The number of hydrogen-bond acceptors (Lipinski definition) is 5. The predicted molar refractivity (Wildman–Crippen MR) is 96.4 cm³/mol. The monoisotopic (exact) mass is 395 g/mol. The smallest absolute Gasteiger partial charge is 0.478 e. The van der Waals surface area contributed by atoms with Crippen LogP contribution in [0.25, 0.3) is 0 Å². The van der Waals surface area contributed by atoms with Crippen molar-refractivity contribution in [1.29, 1.82) is 0 Å². The van der Waals surface area contributed by atoms with Crippen molar-refractivity contribution in [3.8, 4) is 5.75 Å². The van der Waals surface area contributed by atoms with Gasteiger partial charge in [0.2, 0.25) is 0 Å². The Morgan fingerprint density at radius 1 is 1.32 bits per heavy atom. The van der Waals surface area contributed by atoms with Gasteiger partial charge in [0.15, 0.2) is 0 Å². The molecule has 0 bridgehead atoms. The third-order valence-electron chi connectivity index (χ3n) is 4.74. The molecule has 6 nitrogen and oxygen atoms in total. The topological polar surface area (TPSA) is 65.9 Å². The molecule has 1 aromatic carbocycles. The van der Waals surface area contributed by atoms with Gasteiger partial charge in [-0.15, -0.1) is 13.2 Å². The molecule has 9 heteroatoms. The fourth-order valence-corrected chi connectivity index (χ4v) is 3.39. The lowest BCUT2D eigenvalue weighted by atomic mass is 10.2. The molecular weight excluding hydrogens is 375 g/mol. The molecular formula is C19H20F3N3O3. The lowest BCUT2D eigenvalue weighted by Gasteiger charge is -2.27. The first-order valence-electron chi connectivity index (χ1n) is 8.72. The second kappa shape index (κ2) is 8.05. The molecule has 1 aliphatic heterocycles. The lowest BCUT2D eigenvalue weighted by molar-refractivity contribution is -0.275. The fourth-order valence-electron chi connectivity index (χ4n) is 3.39. The molecule has 2 aromatic rings. The number of carboxylic acid groups (broad SMARTS) is 1. The van der Waals surface area contributed by atoms with Crippen LogP contribution in [0, 0.1) is 0 Å². The summed E-state index contributed by atoms with van der Waals surface area (Å²) in [6, 6.07) is 9.15. The molecule has 0 radical (unpaired) electrons. The number of aromatic carboxylic acids is 1. The van der Waals surface area contributed by atoms with Crippen LogP contribution < -0.4 is 9.64 Å². The van der Waals surface area contributed by atoms with Crippen LogP contribution in [0.1, 0.15) is 22.3 Å². The van der Waals surface area contributed by atoms with E-state index in [0.717, 1.165) is 6.42 Å². The first-order valence-corrected chi connectivity index (χ1v) is 8.72. The highest BCUT2D eigenvalue weighted by Gasteiger charge is 2.33.